The lowest BCUT2D eigenvalue weighted by molar-refractivity contribution is 1.74. The van der Waals surface area contributed by atoms with Gasteiger partial charge in [-0.2, -0.15) is 0 Å². The number of benzene rings is 3. The minimum Gasteiger partial charge on any atom is -0.398 e. The summed E-state index contributed by atoms with van der Waals surface area (Å²) in [7, 11) is 0. The fourth-order valence-corrected chi connectivity index (χ4v) is 1.99. The van der Waals surface area contributed by atoms with Crippen LogP contribution >= 0.6 is 0 Å². The fraction of sp³-hybridized carbons (Fsp3) is 0. The van der Waals surface area contributed by atoms with Crippen molar-refractivity contribution in [3.63, 3.8) is 0 Å². The van der Waals surface area contributed by atoms with Crippen LogP contribution in [0, 0.1) is 12.8 Å². The van der Waals surface area contributed by atoms with E-state index >= 15 is 0 Å². The van der Waals surface area contributed by atoms with E-state index < -0.39 is 0 Å². The summed E-state index contributed by atoms with van der Waals surface area (Å²) in [6.45, 7) is 0. The zero-order valence-electron chi connectivity index (χ0n) is 9.43. The van der Waals surface area contributed by atoms with Crippen molar-refractivity contribution in [2.24, 2.45) is 0 Å². The molecule has 0 fully saturated rings. The molecule has 2 N–H and O–H groups in total. The summed E-state index contributed by atoms with van der Waals surface area (Å²) < 4.78 is 0. The number of anilines is 1. The lowest BCUT2D eigenvalue weighted by Gasteiger charge is -2.04. The van der Waals surface area contributed by atoms with Crippen molar-refractivity contribution in [2.75, 3.05) is 5.73 Å². The van der Waals surface area contributed by atoms with Gasteiger partial charge in [0.25, 0.3) is 0 Å². The van der Waals surface area contributed by atoms with Gasteiger partial charge in [-0.15, -0.1) is 12.8 Å². The normalized spacial score (nSPS) is 9.76. The largest absolute Gasteiger partial charge is 0.398 e. The van der Waals surface area contributed by atoms with Crippen molar-refractivity contribution in [3.05, 3.63) is 54.6 Å². The van der Waals surface area contributed by atoms with Crippen molar-refractivity contribution in [1.29, 1.82) is 0 Å². The average molecular weight is 219 g/mol. The third-order valence-electron chi connectivity index (χ3n) is 2.78. The lowest BCUT2D eigenvalue weighted by atomic mass is 10.0. The number of fused-ring (bicyclic) bond motifs is 2. The maximum absolute atomic E-state index is 5.95. The second-order valence-electron chi connectivity index (χ2n) is 3.77. The Morgan fingerprint density at radius 2 is 1.29 bits per heavy atom. The van der Waals surface area contributed by atoms with Crippen LogP contribution in [0.2, 0.25) is 0 Å². The van der Waals surface area contributed by atoms with Crippen molar-refractivity contribution in [1.82, 2.24) is 0 Å². The minimum atomic E-state index is 0.846. The first-order chi connectivity index (χ1) is 8.34. The maximum atomic E-state index is 5.95. The van der Waals surface area contributed by atoms with Gasteiger partial charge in [-0.05, 0) is 34.4 Å². The smallest absolute Gasteiger partial charge is 0.0393 e. The fourth-order valence-electron chi connectivity index (χ4n) is 1.99. The summed E-state index contributed by atoms with van der Waals surface area (Å²) in [6, 6.07) is 18.7. The molecule has 17 heavy (non-hydrogen) atoms. The lowest BCUT2D eigenvalue weighted by Crippen LogP contribution is -1.86. The SMILES string of the molecule is C#C.Nc1cccc2cc3ccccc3cc12. The Balaban J connectivity index is 0.000000514. The quantitative estimate of drug-likeness (QED) is 0.347. The summed E-state index contributed by atoms with van der Waals surface area (Å²) in [5.74, 6) is 0. The molecule has 0 amide bonds. The van der Waals surface area contributed by atoms with E-state index in [1.165, 1.54) is 16.2 Å². The number of nitrogen functional groups attached to an aromatic ring is 1. The third-order valence-corrected chi connectivity index (χ3v) is 2.78. The molecule has 0 unspecified atom stereocenters. The molecule has 1 nitrogen and oxygen atoms in total. The van der Waals surface area contributed by atoms with E-state index in [0.29, 0.717) is 0 Å². The molecular formula is C16H13N. The van der Waals surface area contributed by atoms with Crippen LogP contribution in [-0.4, -0.2) is 0 Å². The zero-order chi connectivity index (χ0) is 12.3. The highest BCUT2D eigenvalue weighted by Gasteiger charge is 1.99. The maximum Gasteiger partial charge on any atom is 0.0393 e. The van der Waals surface area contributed by atoms with Crippen LogP contribution in [-0.2, 0) is 0 Å². The second-order valence-corrected chi connectivity index (χ2v) is 3.77. The molecular weight excluding hydrogens is 206 g/mol. The molecule has 0 saturated carbocycles. The predicted octanol–water partition coefficient (Wildman–Crippen LogP) is 3.82. The first kappa shape index (κ1) is 11.0. The van der Waals surface area contributed by atoms with Gasteiger partial charge in [-0.1, -0.05) is 36.4 Å². The van der Waals surface area contributed by atoms with E-state index in [1.807, 2.05) is 18.2 Å². The average Bonchev–Trinajstić information content (AvgIpc) is 2.40. The summed E-state index contributed by atoms with van der Waals surface area (Å²) in [6.07, 6.45) is 8.00. The molecule has 0 radical (unpaired) electrons. The van der Waals surface area contributed by atoms with E-state index in [-0.39, 0.29) is 0 Å². The Labute approximate surface area is 101 Å². The summed E-state index contributed by atoms with van der Waals surface area (Å²) in [5.41, 5.74) is 6.79. The molecule has 0 aliphatic rings. The van der Waals surface area contributed by atoms with Gasteiger partial charge in [-0.25, -0.2) is 0 Å². The predicted molar refractivity (Wildman–Crippen MR) is 75.8 cm³/mol. The Morgan fingerprint density at radius 1 is 0.706 bits per heavy atom. The number of hydrogen-bond donors (Lipinski definition) is 1. The van der Waals surface area contributed by atoms with Crippen molar-refractivity contribution < 1.29 is 0 Å². The highest BCUT2D eigenvalue weighted by atomic mass is 14.5. The number of hydrogen-bond acceptors (Lipinski definition) is 1. The van der Waals surface area contributed by atoms with Gasteiger partial charge in [0.2, 0.25) is 0 Å². The molecule has 3 aromatic rings. The Kier molecular flexibility index (Phi) is 2.98. The van der Waals surface area contributed by atoms with Gasteiger partial charge in [0.15, 0.2) is 0 Å². The first-order valence-corrected chi connectivity index (χ1v) is 5.35. The molecule has 0 aromatic heterocycles. The summed E-state index contributed by atoms with van der Waals surface area (Å²) in [4.78, 5) is 0. The molecule has 0 aliphatic carbocycles. The Hall–Kier alpha value is -2.46. The first-order valence-electron chi connectivity index (χ1n) is 5.35. The molecule has 82 valence electrons. The molecule has 3 rings (SSSR count). The van der Waals surface area contributed by atoms with Crippen LogP contribution in [0.3, 0.4) is 0 Å². The Morgan fingerprint density at radius 3 is 2.00 bits per heavy atom. The molecule has 3 aromatic carbocycles. The van der Waals surface area contributed by atoms with Crippen LogP contribution in [0.4, 0.5) is 5.69 Å². The zero-order valence-corrected chi connectivity index (χ0v) is 9.43. The standard InChI is InChI=1S/C14H11N.C2H2/c15-14-7-3-6-12-8-10-4-1-2-5-11(10)9-13(12)14;1-2/h1-9H,15H2;1-2H. The monoisotopic (exact) mass is 219 g/mol. The van der Waals surface area contributed by atoms with E-state index in [0.717, 1.165) is 11.1 Å². The molecule has 0 atom stereocenters. The van der Waals surface area contributed by atoms with Crippen LogP contribution < -0.4 is 5.73 Å². The molecule has 0 heterocycles. The molecule has 0 aliphatic heterocycles. The minimum absolute atomic E-state index is 0.846. The van der Waals surface area contributed by atoms with Gasteiger partial charge in [0.1, 0.15) is 0 Å². The number of nitrogens with two attached hydrogens (primary N) is 1. The topological polar surface area (TPSA) is 26.0 Å². The van der Waals surface area contributed by atoms with Crippen LogP contribution in [0.1, 0.15) is 0 Å². The molecule has 0 bridgehead atoms. The molecule has 0 spiro atoms. The Bertz CT molecular complexity index is 680. The van der Waals surface area contributed by atoms with E-state index in [9.17, 15) is 0 Å². The van der Waals surface area contributed by atoms with E-state index in [2.05, 4.69) is 49.2 Å². The van der Waals surface area contributed by atoms with Gasteiger partial charge in [0.05, 0.1) is 0 Å². The van der Waals surface area contributed by atoms with Crippen LogP contribution in [0.25, 0.3) is 21.5 Å². The second kappa shape index (κ2) is 4.59. The van der Waals surface area contributed by atoms with Crippen molar-refractivity contribution in [2.45, 2.75) is 0 Å². The van der Waals surface area contributed by atoms with Crippen LogP contribution in [0.15, 0.2) is 54.6 Å². The van der Waals surface area contributed by atoms with Crippen LogP contribution in [0.5, 0.6) is 0 Å². The summed E-state index contributed by atoms with van der Waals surface area (Å²) in [5, 5.41) is 4.84. The molecule has 0 saturated heterocycles. The molecule has 1 heteroatoms. The van der Waals surface area contributed by atoms with E-state index in [1.54, 1.807) is 0 Å². The third kappa shape index (κ3) is 1.93. The van der Waals surface area contributed by atoms with Crippen molar-refractivity contribution >= 4 is 27.2 Å². The van der Waals surface area contributed by atoms with E-state index in [4.69, 9.17) is 5.73 Å². The van der Waals surface area contributed by atoms with Gasteiger partial charge < -0.3 is 5.73 Å². The number of terminal acetylenes is 1. The van der Waals surface area contributed by atoms with Crippen molar-refractivity contribution in [3.8, 4) is 12.8 Å². The van der Waals surface area contributed by atoms with Gasteiger partial charge >= 0.3 is 0 Å². The number of rotatable bonds is 0. The highest BCUT2D eigenvalue weighted by Crippen LogP contribution is 2.26. The highest BCUT2D eigenvalue weighted by molar-refractivity contribution is 6.03. The summed E-state index contributed by atoms with van der Waals surface area (Å²) >= 11 is 0. The van der Waals surface area contributed by atoms with Gasteiger partial charge in [-0.3, -0.25) is 0 Å². The van der Waals surface area contributed by atoms with Gasteiger partial charge in [0, 0.05) is 11.1 Å².